The number of rotatable bonds is 8. The summed E-state index contributed by atoms with van der Waals surface area (Å²) in [5.41, 5.74) is 1.95. The Morgan fingerprint density at radius 2 is 1.88 bits per heavy atom. The number of ether oxygens (including phenoxy) is 2. The second-order valence-corrected chi connectivity index (χ2v) is 5.31. The Hall–Kier alpha value is -2.93. The first kappa shape index (κ1) is 16.9. The molecule has 7 nitrogen and oxygen atoms in total. The normalized spacial score (nSPS) is 10.6. The molecular weight excluding hydrogens is 318 g/mol. The summed E-state index contributed by atoms with van der Waals surface area (Å²) < 4.78 is 13.2. The van der Waals surface area contributed by atoms with Crippen LogP contribution in [0.15, 0.2) is 48.5 Å². The first-order chi connectivity index (χ1) is 12.3. The van der Waals surface area contributed by atoms with Crippen LogP contribution < -0.4 is 14.8 Å². The maximum absolute atomic E-state index is 5.93. The van der Waals surface area contributed by atoms with Crippen LogP contribution in [0.2, 0.25) is 0 Å². The zero-order valence-electron chi connectivity index (χ0n) is 14.3. The fourth-order valence-electron chi connectivity index (χ4n) is 2.36. The highest BCUT2D eigenvalue weighted by atomic mass is 16.5. The van der Waals surface area contributed by atoms with Gasteiger partial charge in [-0.15, -0.1) is 0 Å². The second kappa shape index (κ2) is 8.25. The molecule has 0 aliphatic heterocycles. The molecule has 0 fully saturated rings. The molecule has 0 spiro atoms. The van der Waals surface area contributed by atoms with Crippen LogP contribution in [0, 0.1) is 0 Å². The number of hydrogen-bond acceptors (Lipinski definition) is 6. The van der Waals surface area contributed by atoms with Gasteiger partial charge in [0.25, 0.3) is 0 Å². The zero-order valence-corrected chi connectivity index (χ0v) is 14.3. The van der Waals surface area contributed by atoms with Crippen LogP contribution in [-0.2, 0) is 6.54 Å². The molecular formula is C18H21N5O2. The van der Waals surface area contributed by atoms with Crippen LogP contribution in [0.4, 0.5) is 0 Å². The van der Waals surface area contributed by atoms with Crippen LogP contribution in [0.3, 0.4) is 0 Å². The van der Waals surface area contributed by atoms with Crippen molar-refractivity contribution in [2.24, 2.45) is 0 Å². The first-order valence-corrected chi connectivity index (χ1v) is 8.30. The van der Waals surface area contributed by atoms with Crippen molar-refractivity contribution in [3.63, 3.8) is 0 Å². The molecule has 0 atom stereocenters. The average Bonchev–Trinajstić information content (AvgIpc) is 3.11. The van der Waals surface area contributed by atoms with E-state index >= 15 is 0 Å². The summed E-state index contributed by atoms with van der Waals surface area (Å²) in [4.78, 5) is 0. The Labute approximate surface area is 146 Å². The Kier molecular flexibility index (Phi) is 5.58. The Morgan fingerprint density at radius 1 is 1.04 bits per heavy atom. The van der Waals surface area contributed by atoms with E-state index in [4.69, 9.17) is 9.47 Å². The van der Waals surface area contributed by atoms with Gasteiger partial charge in [-0.3, -0.25) is 0 Å². The van der Waals surface area contributed by atoms with Gasteiger partial charge in [0.2, 0.25) is 0 Å². The van der Waals surface area contributed by atoms with Gasteiger partial charge in [0.1, 0.15) is 0 Å². The number of hydrogen-bond donors (Lipinski definition) is 1. The molecule has 1 heterocycles. The van der Waals surface area contributed by atoms with E-state index in [9.17, 15) is 0 Å². The van der Waals surface area contributed by atoms with E-state index in [0.717, 1.165) is 24.3 Å². The van der Waals surface area contributed by atoms with Crippen LogP contribution in [-0.4, -0.2) is 33.4 Å². The molecule has 7 heteroatoms. The molecule has 1 N–H and O–H groups in total. The maximum atomic E-state index is 5.93. The number of benzene rings is 2. The highest BCUT2D eigenvalue weighted by molar-refractivity contribution is 5.44. The third-order valence-corrected chi connectivity index (χ3v) is 3.53. The largest absolute Gasteiger partial charge is 0.490 e. The fraction of sp³-hybridized carbons (Fsp3) is 0.278. The summed E-state index contributed by atoms with van der Waals surface area (Å²) in [6, 6.07) is 15.7. The summed E-state index contributed by atoms with van der Waals surface area (Å²) in [7, 11) is 0. The highest BCUT2D eigenvalue weighted by Crippen LogP contribution is 2.32. The molecule has 3 aromatic rings. The minimum absolute atomic E-state index is 0.284. The third-order valence-electron chi connectivity index (χ3n) is 3.53. The van der Waals surface area contributed by atoms with Crippen molar-refractivity contribution >= 4 is 0 Å². The number of para-hydroxylation sites is 1. The minimum Gasteiger partial charge on any atom is -0.490 e. The molecule has 0 amide bonds. The Morgan fingerprint density at radius 3 is 2.64 bits per heavy atom. The summed E-state index contributed by atoms with van der Waals surface area (Å²) in [5, 5.41) is 15.0. The molecule has 25 heavy (non-hydrogen) atoms. The number of tetrazole rings is 1. The SMILES string of the molecule is CCNCc1ccc(Oc2nnnn2-c2ccccc2)c(OCC)c1. The lowest BCUT2D eigenvalue weighted by Gasteiger charge is -2.13. The topological polar surface area (TPSA) is 74.1 Å². The van der Waals surface area contributed by atoms with Crippen molar-refractivity contribution in [2.75, 3.05) is 13.2 Å². The second-order valence-electron chi connectivity index (χ2n) is 5.31. The minimum atomic E-state index is 0.284. The molecule has 3 rings (SSSR count). The Bertz CT molecular complexity index is 804. The first-order valence-electron chi connectivity index (χ1n) is 8.30. The predicted octanol–water partition coefficient (Wildman–Crippen LogP) is 2.96. The van der Waals surface area contributed by atoms with E-state index in [1.165, 1.54) is 0 Å². The molecule has 0 bridgehead atoms. The number of nitrogens with zero attached hydrogens (tertiary/aromatic N) is 4. The van der Waals surface area contributed by atoms with E-state index < -0.39 is 0 Å². The molecule has 2 aromatic carbocycles. The van der Waals surface area contributed by atoms with Gasteiger partial charge in [0.15, 0.2) is 11.5 Å². The highest BCUT2D eigenvalue weighted by Gasteiger charge is 2.14. The monoisotopic (exact) mass is 339 g/mol. The quantitative estimate of drug-likeness (QED) is 0.680. The van der Waals surface area contributed by atoms with Crippen LogP contribution in [0.1, 0.15) is 19.4 Å². The van der Waals surface area contributed by atoms with Gasteiger partial charge in [-0.2, -0.15) is 4.68 Å². The standard InChI is InChI=1S/C18H21N5O2/c1-3-19-13-14-10-11-16(17(12-14)24-4-2)25-18-20-21-22-23(18)15-8-6-5-7-9-15/h5-12,19H,3-4,13H2,1-2H3. The van der Waals surface area contributed by atoms with Crippen molar-refractivity contribution in [1.82, 2.24) is 25.5 Å². The van der Waals surface area contributed by atoms with Gasteiger partial charge in [0.05, 0.1) is 12.3 Å². The molecule has 1 aromatic heterocycles. The van der Waals surface area contributed by atoms with Crippen LogP contribution in [0.5, 0.6) is 17.5 Å². The van der Waals surface area contributed by atoms with Crippen LogP contribution >= 0.6 is 0 Å². The van der Waals surface area contributed by atoms with Crippen molar-refractivity contribution in [2.45, 2.75) is 20.4 Å². The van der Waals surface area contributed by atoms with Gasteiger partial charge < -0.3 is 14.8 Å². The van der Waals surface area contributed by atoms with Gasteiger partial charge in [-0.05, 0) is 53.7 Å². The lowest BCUT2D eigenvalue weighted by Crippen LogP contribution is -2.11. The third kappa shape index (κ3) is 4.13. The summed E-state index contributed by atoms with van der Waals surface area (Å²) >= 11 is 0. The van der Waals surface area contributed by atoms with E-state index in [0.29, 0.717) is 18.1 Å². The molecule has 0 saturated carbocycles. The van der Waals surface area contributed by atoms with E-state index in [1.807, 2.05) is 55.5 Å². The van der Waals surface area contributed by atoms with Crippen molar-refractivity contribution < 1.29 is 9.47 Å². The van der Waals surface area contributed by atoms with Crippen molar-refractivity contribution in [3.05, 3.63) is 54.1 Å². The summed E-state index contributed by atoms with van der Waals surface area (Å²) in [6.07, 6.45) is 0. The lowest BCUT2D eigenvalue weighted by atomic mass is 10.2. The molecule has 0 aliphatic rings. The van der Waals surface area contributed by atoms with Gasteiger partial charge in [-0.25, -0.2) is 0 Å². The summed E-state index contributed by atoms with van der Waals surface area (Å²) in [5.74, 6) is 1.24. The molecule has 0 unspecified atom stereocenters. The van der Waals surface area contributed by atoms with E-state index in [2.05, 4.69) is 27.8 Å². The number of nitrogens with one attached hydrogen (secondary N) is 1. The number of aromatic nitrogens is 4. The van der Waals surface area contributed by atoms with Gasteiger partial charge in [-0.1, -0.05) is 36.3 Å². The van der Waals surface area contributed by atoms with E-state index in [-0.39, 0.29) is 6.01 Å². The summed E-state index contributed by atoms with van der Waals surface area (Å²) in [6.45, 7) is 6.25. The molecule has 130 valence electrons. The van der Waals surface area contributed by atoms with Crippen molar-refractivity contribution in [1.29, 1.82) is 0 Å². The molecule has 0 saturated heterocycles. The lowest BCUT2D eigenvalue weighted by molar-refractivity contribution is 0.315. The van der Waals surface area contributed by atoms with Crippen LogP contribution in [0.25, 0.3) is 5.69 Å². The van der Waals surface area contributed by atoms with Gasteiger partial charge >= 0.3 is 6.01 Å². The molecule has 0 aliphatic carbocycles. The van der Waals surface area contributed by atoms with E-state index in [1.54, 1.807) is 4.68 Å². The maximum Gasteiger partial charge on any atom is 0.346 e. The molecule has 0 radical (unpaired) electrons. The average molecular weight is 339 g/mol. The zero-order chi connectivity index (χ0) is 17.5. The van der Waals surface area contributed by atoms with Gasteiger partial charge in [0, 0.05) is 6.54 Å². The predicted molar refractivity (Wildman–Crippen MR) is 94.2 cm³/mol. The fourth-order valence-corrected chi connectivity index (χ4v) is 2.36. The smallest absolute Gasteiger partial charge is 0.346 e. The van der Waals surface area contributed by atoms with Crippen molar-refractivity contribution in [3.8, 4) is 23.2 Å². The Balaban J connectivity index is 1.87.